The number of hydrogen-bond donors (Lipinski definition) is 1. The normalized spacial score (nSPS) is 20.3. The number of β-amino-alcohol motifs (C(OH)–C–C–N with tert-alkyl or cyclic N) is 1. The molecule has 338 valence electrons. The molecule has 0 radical (unpaired) electrons. The molecule has 4 heterocycles. The number of aromatic nitrogens is 1. The average Bonchev–Trinajstić information content (AvgIpc) is 3.64. The molecule has 3 aromatic carbocycles. The molecule has 0 bridgehead atoms. The lowest BCUT2D eigenvalue weighted by molar-refractivity contribution is -0.149. The molecular weight excluding hydrogens is 850 g/mol. The topological polar surface area (TPSA) is 163 Å². The molecule has 1 aromatic heterocycles. The third kappa shape index (κ3) is 11.6. The Morgan fingerprint density at radius 2 is 1.83 bits per heavy atom. The van der Waals surface area contributed by atoms with Crippen molar-refractivity contribution in [2.75, 3.05) is 52.8 Å². The molecule has 3 atom stereocenters. The molecule has 16 heteroatoms. The lowest BCUT2D eigenvalue weighted by atomic mass is 9.96. The lowest BCUT2D eigenvalue weighted by Crippen LogP contribution is -2.44. The van der Waals surface area contributed by atoms with Crippen molar-refractivity contribution in [2.24, 2.45) is 0 Å². The molecule has 2 fully saturated rings. The van der Waals surface area contributed by atoms with Crippen LogP contribution in [-0.2, 0) is 48.7 Å². The summed E-state index contributed by atoms with van der Waals surface area (Å²) in [5.74, 6) is 1.54. The molecule has 3 aliphatic rings. The first-order valence-corrected chi connectivity index (χ1v) is 23.7. The number of carbonyl (C=O) groups excluding carboxylic acids is 2. The van der Waals surface area contributed by atoms with E-state index in [2.05, 4.69) is 20.9 Å². The number of halogens is 1. The number of esters is 2. The van der Waals surface area contributed by atoms with E-state index in [0.717, 1.165) is 46.9 Å². The van der Waals surface area contributed by atoms with Crippen LogP contribution in [0.3, 0.4) is 0 Å². The number of piperidine rings is 1. The van der Waals surface area contributed by atoms with E-state index in [9.17, 15) is 23.1 Å². The fraction of sp³-hybridized carbons (Fsp3) is 0.468. The van der Waals surface area contributed by atoms with E-state index in [-0.39, 0.29) is 42.6 Å². The first kappa shape index (κ1) is 46.1. The van der Waals surface area contributed by atoms with Crippen LogP contribution in [0.25, 0.3) is 11.1 Å². The molecule has 0 amide bonds. The molecule has 0 saturated carbocycles. The number of benzene rings is 3. The van der Waals surface area contributed by atoms with E-state index < -0.39 is 21.5 Å². The summed E-state index contributed by atoms with van der Waals surface area (Å²) in [6.45, 7) is 7.60. The number of likely N-dealkylation sites (tertiary alicyclic amines) is 2. The molecule has 2 unspecified atom stereocenters. The van der Waals surface area contributed by atoms with E-state index in [1.807, 2.05) is 37.3 Å². The fourth-order valence-electron chi connectivity index (χ4n) is 8.47. The van der Waals surface area contributed by atoms with E-state index in [4.69, 9.17) is 40.0 Å². The Morgan fingerprint density at radius 1 is 1.00 bits per heavy atom. The third-order valence-electron chi connectivity index (χ3n) is 11.9. The van der Waals surface area contributed by atoms with Crippen molar-refractivity contribution >= 4 is 33.4 Å². The molecule has 63 heavy (non-hydrogen) atoms. The Labute approximate surface area is 374 Å². The smallest absolute Gasteiger partial charge is 0.323 e. The van der Waals surface area contributed by atoms with Gasteiger partial charge in [-0.2, -0.15) is 0 Å². The van der Waals surface area contributed by atoms with Gasteiger partial charge in [-0.1, -0.05) is 42.3 Å². The van der Waals surface area contributed by atoms with Crippen LogP contribution >= 0.6 is 11.6 Å². The molecule has 2 saturated heterocycles. The molecule has 14 nitrogen and oxygen atoms in total. The first-order valence-electron chi connectivity index (χ1n) is 21.4. The Hall–Kier alpha value is -4.93. The van der Waals surface area contributed by atoms with Crippen LogP contribution < -0.4 is 18.9 Å². The second kappa shape index (κ2) is 20.3. The van der Waals surface area contributed by atoms with Crippen molar-refractivity contribution in [2.45, 2.75) is 94.8 Å². The van der Waals surface area contributed by atoms with E-state index in [0.29, 0.717) is 98.8 Å². The maximum absolute atomic E-state index is 12.7. The third-order valence-corrected chi connectivity index (χ3v) is 13.3. The quantitative estimate of drug-likeness (QED) is 0.111. The minimum Gasteiger partial charge on any atom is -0.488 e. The number of pyridine rings is 1. The number of fused-ring (bicyclic) bond motifs is 1. The summed E-state index contributed by atoms with van der Waals surface area (Å²) >= 11 is 6.92. The van der Waals surface area contributed by atoms with Crippen LogP contribution in [0.2, 0.25) is 5.02 Å². The van der Waals surface area contributed by atoms with Gasteiger partial charge in [0, 0.05) is 68.4 Å². The zero-order valence-corrected chi connectivity index (χ0v) is 37.8. The van der Waals surface area contributed by atoms with Crippen LogP contribution in [0.15, 0.2) is 71.9 Å². The summed E-state index contributed by atoms with van der Waals surface area (Å²) < 4.78 is 60.0. The van der Waals surface area contributed by atoms with Crippen molar-refractivity contribution in [1.29, 1.82) is 0 Å². The Balaban J connectivity index is 1.04. The number of sulfone groups is 1. The zero-order chi connectivity index (χ0) is 44.7. The van der Waals surface area contributed by atoms with Gasteiger partial charge >= 0.3 is 11.9 Å². The van der Waals surface area contributed by atoms with E-state index in [1.165, 1.54) is 19.4 Å². The number of ether oxygens (including phenoxy) is 6. The Morgan fingerprint density at radius 3 is 2.62 bits per heavy atom. The predicted molar refractivity (Wildman–Crippen MR) is 236 cm³/mol. The fourth-order valence-corrected chi connectivity index (χ4v) is 9.33. The number of nitrogens with zero attached hydrogens (tertiary/aromatic N) is 3. The number of carbonyl (C=O) groups is 2. The molecule has 0 spiro atoms. The summed E-state index contributed by atoms with van der Waals surface area (Å²) in [6.07, 6.45) is 7.55. The van der Waals surface area contributed by atoms with Gasteiger partial charge in [0.25, 0.3) is 0 Å². The highest BCUT2D eigenvalue weighted by atomic mass is 35.5. The zero-order valence-electron chi connectivity index (χ0n) is 36.3. The first-order chi connectivity index (χ1) is 30.2. The van der Waals surface area contributed by atoms with Crippen LogP contribution in [0.5, 0.6) is 23.0 Å². The summed E-state index contributed by atoms with van der Waals surface area (Å²) in [7, 11) is -2.08. The molecular formula is C47H56ClN3O11S. The second-order valence-corrected chi connectivity index (χ2v) is 19.0. The number of hydrogen-bond acceptors (Lipinski definition) is 14. The maximum atomic E-state index is 12.7. The summed E-state index contributed by atoms with van der Waals surface area (Å²) in [5, 5.41) is 11.3. The number of rotatable bonds is 17. The SMILES string of the molecule is CCOC(=O)CC1(O)CCN(CCC2COc3ccc(-c4cccc(COc5cc(OCc6cncc(S(C)(=O)=O)c6)c(CN6CCCC[C@H]6C(=O)OC)cc5Cl)c4C)cc3O2)C1. The van der Waals surface area contributed by atoms with Crippen LogP contribution in [-0.4, -0.2) is 111 Å². The monoisotopic (exact) mass is 905 g/mol. The average molecular weight is 906 g/mol. The van der Waals surface area contributed by atoms with Crippen molar-refractivity contribution in [3.05, 3.63) is 94.3 Å². The Bertz CT molecular complexity index is 2400. The van der Waals surface area contributed by atoms with Gasteiger partial charge in [0.05, 0.1) is 35.7 Å². The molecule has 0 aliphatic carbocycles. The van der Waals surface area contributed by atoms with Gasteiger partial charge in [-0.3, -0.25) is 19.5 Å². The molecule has 1 N–H and O–H groups in total. The minimum absolute atomic E-state index is 0.00797. The van der Waals surface area contributed by atoms with E-state index in [1.54, 1.807) is 25.3 Å². The van der Waals surface area contributed by atoms with Gasteiger partial charge < -0.3 is 38.4 Å². The maximum Gasteiger partial charge on any atom is 0.323 e. The van der Waals surface area contributed by atoms with Crippen molar-refractivity contribution in [3.8, 4) is 34.1 Å². The summed E-state index contributed by atoms with van der Waals surface area (Å²) in [4.78, 5) is 33.2. The molecule has 3 aliphatic heterocycles. The van der Waals surface area contributed by atoms with Crippen LogP contribution in [0.1, 0.15) is 67.7 Å². The van der Waals surface area contributed by atoms with Crippen molar-refractivity contribution in [1.82, 2.24) is 14.8 Å². The van der Waals surface area contributed by atoms with Gasteiger partial charge in [-0.25, -0.2) is 8.42 Å². The van der Waals surface area contributed by atoms with Gasteiger partial charge in [-0.05, 0) is 86.2 Å². The molecule has 4 aromatic rings. The summed E-state index contributed by atoms with van der Waals surface area (Å²) in [5.41, 5.74) is 4.13. The number of aliphatic hydroxyl groups is 1. The Kier molecular flexibility index (Phi) is 14.8. The van der Waals surface area contributed by atoms with Crippen LogP contribution in [0.4, 0.5) is 0 Å². The van der Waals surface area contributed by atoms with Crippen molar-refractivity contribution < 1.29 is 51.5 Å². The number of methoxy groups -OCH3 is 1. The van der Waals surface area contributed by atoms with Crippen LogP contribution in [0, 0.1) is 6.92 Å². The van der Waals surface area contributed by atoms with Gasteiger partial charge in [0.1, 0.15) is 43.5 Å². The second-order valence-electron chi connectivity index (χ2n) is 16.6. The van der Waals surface area contributed by atoms with Gasteiger partial charge in [0.15, 0.2) is 21.3 Å². The standard InChI is InChI=1S/C47H56ClN3O11S/c1-5-58-45(52)23-47(54)15-18-50(30-47)17-14-36-29-61-41-13-12-33(21-44(41)62-36)38-10-8-9-34(31(38)2)28-60-43-22-42(59-27-32-19-37(25-49-24-32)63(4,55)56)35(20-39(43)48)26-51-16-7-6-11-40(51)46(53)57-3/h8-10,12-13,19-22,24-25,36,40,54H,5-7,11,14-18,23,26-30H2,1-4H3/t36?,40-,47?/m0/s1. The largest absolute Gasteiger partial charge is 0.488 e. The minimum atomic E-state index is -3.48. The lowest BCUT2D eigenvalue weighted by Gasteiger charge is -2.34. The molecule has 7 rings (SSSR count). The summed E-state index contributed by atoms with van der Waals surface area (Å²) in [6, 6.07) is 16.6. The van der Waals surface area contributed by atoms with Gasteiger partial charge in [0.2, 0.25) is 0 Å². The van der Waals surface area contributed by atoms with Crippen molar-refractivity contribution in [3.63, 3.8) is 0 Å². The predicted octanol–water partition coefficient (Wildman–Crippen LogP) is 6.72. The highest BCUT2D eigenvalue weighted by Gasteiger charge is 2.39. The highest BCUT2D eigenvalue weighted by Crippen LogP contribution is 2.39. The highest BCUT2D eigenvalue weighted by molar-refractivity contribution is 7.90. The van der Waals surface area contributed by atoms with Gasteiger partial charge in [-0.15, -0.1) is 0 Å². The van der Waals surface area contributed by atoms with E-state index >= 15 is 0 Å².